The maximum atomic E-state index is 12.7. The third kappa shape index (κ3) is 3.54. The van der Waals surface area contributed by atoms with E-state index in [-0.39, 0.29) is 17.0 Å². The minimum absolute atomic E-state index is 0.266. The summed E-state index contributed by atoms with van der Waals surface area (Å²) in [6.07, 6.45) is 2.52. The van der Waals surface area contributed by atoms with Gasteiger partial charge in [0.25, 0.3) is 5.91 Å². The molecule has 0 radical (unpaired) electrons. The van der Waals surface area contributed by atoms with Gasteiger partial charge in [-0.1, -0.05) is 24.3 Å². The van der Waals surface area contributed by atoms with Gasteiger partial charge in [-0.25, -0.2) is 13.4 Å². The van der Waals surface area contributed by atoms with Gasteiger partial charge in [0.05, 0.1) is 21.8 Å². The summed E-state index contributed by atoms with van der Waals surface area (Å²) in [5.74, 6) is 0.210. The fourth-order valence-corrected chi connectivity index (χ4v) is 3.68. The van der Waals surface area contributed by atoms with E-state index in [1.54, 1.807) is 60.8 Å². The van der Waals surface area contributed by atoms with E-state index in [9.17, 15) is 13.2 Å². The molecule has 1 unspecified atom stereocenters. The molecule has 3 aromatic rings. The summed E-state index contributed by atoms with van der Waals surface area (Å²) in [7, 11) is -3.24. The molecular formula is C20H18N4O3S. The van der Waals surface area contributed by atoms with E-state index >= 15 is 0 Å². The number of carbonyl (C=O) groups excluding carboxylic acids is 1. The second-order valence-corrected chi connectivity index (χ2v) is 8.48. The molecule has 4 rings (SSSR count). The van der Waals surface area contributed by atoms with Gasteiger partial charge in [0.15, 0.2) is 9.84 Å². The number of nitrogens with one attached hydrogen (secondary N) is 3. The lowest BCUT2D eigenvalue weighted by molar-refractivity contribution is 0.102. The summed E-state index contributed by atoms with van der Waals surface area (Å²) in [6.45, 7) is 0. The average molecular weight is 394 g/mol. The molecule has 0 saturated carbocycles. The Morgan fingerprint density at radius 1 is 1.00 bits per heavy atom. The number of hydrogen-bond acceptors (Lipinski definition) is 6. The number of anilines is 3. The number of carbonyl (C=O) groups is 1. The van der Waals surface area contributed by atoms with Crippen LogP contribution >= 0.6 is 0 Å². The number of rotatable bonds is 4. The minimum Gasteiger partial charge on any atom is -0.360 e. The first-order chi connectivity index (χ1) is 13.4. The van der Waals surface area contributed by atoms with Crippen molar-refractivity contribution < 1.29 is 13.2 Å². The molecule has 0 spiro atoms. The summed E-state index contributed by atoms with van der Waals surface area (Å²) in [4.78, 5) is 17.1. The molecule has 1 aromatic heterocycles. The molecule has 142 valence electrons. The van der Waals surface area contributed by atoms with Crippen LogP contribution in [0.3, 0.4) is 0 Å². The van der Waals surface area contributed by atoms with E-state index in [4.69, 9.17) is 0 Å². The van der Waals surface area contributed by atoms with Crippen LogP contribution in [0.1, 0.15) is 22.1 Å². The number of hydrogen-bond donors (Lipinski definition) is 3. The highest BCUT2D eigenvalue weighted by Gasteiger charge is 2.26. The number of para-hydroxylation sites is 1. The number of fused-ring (bicyclic) bond motifs is 1. The Labute approximate surface area is 162 Å². The van der Waals surface area contributed by atoms with Crippen LogP contribution in [0.2, 0.25) is 0 Å². The molecule has 0 saturated heterocycles. The molecule has 8 heteroatoms. The average Bonchev–Trinajstić information content (AvgIpc) is 3.12. The fraction of sp³-hybridized carbons (Fsp3) is 0.100. The van der Waals surface area contributed by atoms with E-state index in [1.165, 1.54) is 6.26 Å². The van der Waals surface area contributed by atoms with Gasteiger partial charge in [-0.2, -0.15) is 0 Å². The van der Waals surface area contributed by atoms with Crippen LogP contribution in [-0.2, 0) is 9.84 Å². The molecule has 2 heterocycles. The van der Waals surface area contributed by atoms with E-state index in [2.05, 4.69) is 20.9 Å². The zero-order valence-corrected chi connectivity index (χ0v) is 15.8. The molecule has 1 aliphatic rings. The highest BCUT2D eigenvalue weighted by molar-refractivity contribution is 7.90. The van der Waals surface area contributed by atoms with Crippen molar-refractivity contribution in [1.29, 1.82) is 0 Å². The summed E-state index contributed by atoms with van der Waals surface area (Å²) in [5.41, 5.74) is 2.84. The predicted molar refractivity (Wildman–Crippen MR) is 108 cm³/mol. The van der Waals surface area contributed by atoms with Crippen LogP contribution in [0.5, 0.6) is 0 Å². The van der Waals surface area contributed by atoms with Gasteiger partial charge in [0.1, 0.15) is 12.0 Å². The van der Waals surface area contributed by atoms with Gasteiger partial charge < -0.3 is 16.0 Å². The third-order valence-electron chi connectivity index (χ3n) is 4.45. The zero-order chi connectivity index (χ0) is 19.7. The van der Waals surface area contributed by atoms with Crippen LogP contribution in [-0.4, -0.2) is 25.6 Å². The Morgan fingerprint density at radius 2 is 1.79 bits per heavy atom. The lowest BCUT2D eigenvalue weighted by Crippen LogP contribution is -2.16. The van der Waals surface area contributed by atoms with Crippen molar-refractivity contribution in [2.24, 2.45) is 0 Å². The van der Waals surface area contributed by atoms with Crippen LogP contribution in [0.25, 0.3) is 0 Å². The predicted octanol–water partition coefficient (Wildman–Crippen LogP) is 3.27. The lowest BCUT2D eigenvalue weighted by atomic mass is 10.1. The Kier molecular flexibility index (Phi) is 4.48. The zero-order valence-electron chi connectivity index (χ0n) is 15.0. The number of aromatic nitrogens is 1. The van der Waals surface area contributed by atoms with Gasteiger partial charge in [0.2, 0.25) is 0 Å². The molecule has 2 aromatic carbocycles. The van der Waals surface area contributed by atoms with Crippen molar-refractivity contribution in [2.75, 3.05) is 22.2 Å². The van der Waals surface area contributed by atoms with Crippen molar-refractivity contribution in [3.8, 4) is 0 Å². The molecule has 0 fully saturated rings. The maximum Gasteiger partial charge on any atom is 0.258 e. The van der Waals surface area contributed by atoms with E-state index < -0.39 is 9.84 Å². The maximum absolute atomic E-state index is 12.7. The molecule has 0 aliphatic carbocycles. The summed E-state index contributed by atoms with van der Waals surface area (Å²) < 4.78 is 23.3. The molecule has 0 bridgehead atoms. The smallest absolute Gasteiger partial charge is 0.258 e. The summed E-state index contributed by atoms with van der Waals surface area (Å²) in [6, 6.07) is 17.4. The standard InChI is InChI=1S/C20H18N4O3S/c1-28(26,27)14-10-8-13(9-11-14)19-22-16-6-4-5-15(18(16)24-19)20(25)23-17-7-2-3-12-21-17/h2-12,19,22,24H,1H3,(H,21,23,25). The lowest BCUT2D eigenvalue weighted by Gasteiger charge is -2.13. The van der Waals surface area contributed by atoms with Crippen molar-refractivity contribution >= 4 is 32.9 Å². The number of sulfone groups is 1. The molecule has 28 heavy (non-hydrogen) atoms. The van der Waals surface area contributed by atoms with E-state index in [1.807, 2.05) is 6.07 Å². The highest BCUT2D eigenvalue weighted by Crippen LogP contribution is 2.38. The van der Waals surface area contributed by atoms with Gasteiger partial charge >= 0.3 is 0 Å². The van der Waals surface area contributed by atoms with Crippen molar-refractivity contribution in [3.63, 3.8) is 0 Å². The van der Waals surface area contributed by atoms with E-state index in [0.29, 0.717) is 17.1 Å². The topological polar surface area (TPSA) is 100 Å². The second-order valence-electron chi connectivity index (χ2n) is 6.46. The van der Waals surface area contributed by atoms with Gasteiger partial charge in [-0.05, 0) is 42.0 Å². The molecule has 3 N–H and O–H groups in total. The number of pyridine rings is 1. The first kappa shape index (κ1) is 18.0. The molecular weight excluding hydrogens is 376 g/mol. The van der Waals surface area contributed by atoms with Crippen LogP contribution in [0, 0.1) is 0 Å². The number of benzene rings is 2. The SMILES string of the molecule is CS(=O)(=O)c1ccc(C2Nc3cccc(C(=O)Nc4ccccn4)c3N2)cc1. The Balaban J connectivity index is 1.57. The van der Waals surface area contributed by atoms with Gasteiger partial charge in [-0.3, -0.25) is 4.79 Å². The fourth-order valence-electron chi connectivity index (χ4n) is 3.05. The molecule has 1 amide bonds. The Bertz CT molecular complexity index is 1130. The molecule has 1 aliphatic heterocycles. The van der Waals surface area contributed by atoms with Crippen LogP contribution < -0.4 is 16.0 Å². The first-order valence-electron chi connectivity index (χ1n) is 8.60. The Hall–Kier alpha value is -3.39. The summed E-state index contributed by atoms with van der Waals surface area (Å²) in [5, 5.41) is 9.40. The van der Waals surface area contributed by atoms with Crippen LogP contribution in [0.15, 0.2) is 71.8 Å². The molecule has 7 nitrogen and oxygen atoms in total. The van der Waals surface area contributed by atoms with Crippen LogP contribution in [0.4, 0.5) is 17.2 Å². The first-order valence-corrected chi connectivity index (χ1v) is 10.5. The quantitative estimate of drug-likeness (QED) is 0.628. The van der Waals surface area contributed by atoms with Gasteiger partial charge in [-0.15, -0.1) is 0 Å². The number of amides is 1. The normalized spacial score (nSPS) is 15.2. The second kappa shape index (κ2) is 6.97. The van der Waals surface area contributed by atoms with E-state index in [0.717, 1.165) is 11.3 Å². The number of nitrogens with zero attached hydrogens (tertiary/aromatic N) is 1. The summed E-state index contributed by atoms with van der Waals surface area (Å²) >= 11 is 0. The van der Waals surface area contributed by atoms with Crippen molar-refractivity contribution in [2.45, 2.75) is 11.1 Å². The van der Waals surface area contributed by atoms with Crippen molar-refractivity contribution in [1.82, 2.24) is 4.98 Å². The highest BCUT2D eigenvalue weighted by atomic mass is 32.2. The Morgan fingerprint density at radius 3 is 2.46 bits per heavy atom. The largest absolute Gasteiger partial charge is 0.360 e. The van der Waals surface area contributed by atoms with Gasteiger partial charge in [0, 0.05) is 12.5 Å². The minimum atomic E-state index is -3.24. The molecule has 1 atom stereocenters. The third-order valence-corrected chi connectivity index (χ3v) is 5.57. The van der Waals surface area contributed by atoms with Crippen molar-refractivity contribution in [3.05, 3.63) is 78.0 Å². The monoisotopic (exact) mass is 394 g/mol.